The minimum Gasteiger partial charge on any atom is -0.494 e. The molecule has 1 amide bonds. The Morgan fingerprint density at radius 1 is 1.22 bits per heavy atom. The zero-order valence-electron chi connectivity index (χ0n) is 12.6. The van der Waals surface area contributed by atoms with Crippen LogP contribution in [0.15, 0.2) is 47.6 Å². The lowest BCUT2D eigenvalue weighted by molar-refractivity contribution is 0.0955. The molecule has 120 valence electrons. The van der Waals surface area contributed by atoms with E-state index in [2.05, 4.69) is 10.5 Å². The number of benzene rings is 2. The molecular weight excluding hydrogens is 335 g/mol. The van der Waals surface area contributed by atoms with Crippen molar-refractivity contribution in [2.24, 2.45) is 5.10 Å². The van der Waals surface area contributed by atoms with Crippen LogP contribution in [0.25, 0.3) is 0 Å². The molecule has 0 bridgehead atoms. The van der Waals surface area contributed by atoms with Gasteiger partial charge in [-0.2, -0.15) is 5.10 Å². The SMILES string of the molecule is CCCOc1ccc(C(=O)N/N=C\c2ccc(Cl)cc2Cl)cc1. The summed E-state index contributed by atoms with van der Waals surface area (Å²) >= 11 is 11.8. The van der Waals surface area contributed by atoms with E-state index in [1.54, 1.807) is 42.5 Å². The number of ether oxygens (including phenoxy) is 1. The highest BCUT2D eigenvalue weighted by Crippen LogP contribution is 2.19. The second kappa shape index (κ2) is 8.56. The van der Waals surface area contributed by atoms with E-state index in [0.29, 0.717) is 27.8 Å². The van der Waals surface area contributed by atoms with Gasteiger partial charge in [-0.05, 0) is 42.8 Å². The Morgan fingerprint density at radius 3 is 2.61 bits per heavy atom. The van der Waals surface area contributed by atoms with E-state index in [4.69, 9.17) is 27.9 Å². The first-order valence-electron chi connectivity index (χ1n) is 7.11. The quantitative estimate of drug-likeness (QED) is 0.613. The zero-order valence-corrected chi connectivity index (χ0v) is 14.1. The Kier molecular flexibility index (Phi) is 6.44. The van der Waals surface area contributed by atoms with Crippen molar-refractivity contribution in [2.75, 3.05) is 6.61 Å². The number of nitrogens with one attached hydrogen (secondary N) is 1. The predicted molar refractivity (Wildman–Crippen MR) is 93.8 cm³/mol. The first-order chi connectivity index (χ1) is 11.1. The van der Waals surface area contributed by atoms with Crippen LogP contribution in [-0.4, -0.2) is 18.7 Å². The second-order valence-electron chi connectivity index (χ2n) is 4.74. The smallest absolute Gasteiger partial charge is 0.271 e. The molecule has 1 N–H and O–H groups in total. The molecule has 2 aromatic carbocycles. The maximum Gasteiger partial charge on any atom is 0.271 e. The van der Waals surface area contributed by atoms with E-state index in [1.165, 1.54) is 6.21 Å². The van der Waals surface area contributed by atoms with E-state index in [-0.39, 0.29) is 5.91 Å². The summed E-state index contributed by atoms with van der Waals surface area (Å²) in [5, 5.41) is 4.91. The third-order valence-electron chi connectivity index (χ3n) is 2.92. The molecule has 0 atom stereocenters. The fraction of sp³-hybridized carbons (Fsp3) is 0.176. The summed E-state index contributed by atoms with van der Waals surface area (Å²) in [5.74, 6) is 0.424. The number of hydrogen-bond acceptors (Lipinski definition) is 3. The highest BCUT2D eigenvalue weighted by Gasteiger charge is 2.04. The van der Waals surface area contributed by atoms with Crippen LogP contribution in [0.5, 0.6) is 5.75 Å². The first kappa shape index (κ1) is 17.3. The van der Waals surface area contributed by atoms with Gasteiger partial charge < -0.3 is 4.74 Å². The Bertz CT molecular complexity index is 700. The van der Waals surface area contributed by atoms with E-state index < -0.39 is 0 Å². The number of hydrogen-bond donors (Lipinski definition) is 1. The molecule has 0 spiro atoms. The van der Waals surface area contributed by atoms with Gasteiger partial charge in [0.2, 0.25) is 0 Å². The molecule has 0 radical (unpaired) electrons. The van der Waals surface area contributed by atoms with Crippen molar-refractivity contribution in [3.8, 4) is 5.75 Å². The van der Waals surface area contributed by atoms with Gasteiger partial charge in [0.25, 0.3) is 5.91 Å². The number of hydrazone groups is 1. The number of halogens is 2. The van der Waals surface area contributed by atoms with Crippen LogP contribution in [0.1, 0.15) is 29.3 Å². The largest absolute Gasteiger partial charge is 0.494 e. The fourth-order valence-corrected chi connectivity index (χ4v) is 2.21. The minimum absolute atomic E-state index is 0.312. The molecule has 0 aliphatic rings. The van der Waals surface area contributed by atoms with Gasteiger partial charge in [-0.25, -0.2) is 5.43 Å². The van der Waals surface area contributed by atoms with Crippen LogP contribution in [-0.2, 0) is 0 Å². The standard InChI is InChI=1S/C17H16Cl2N2O2/c1-2-9-23-15-7-4-12(5-8-15)17(22)21-20-11-13-3-6-14(18)10-16(13)19/h3-8,10-11H,2,9H2,1H3,(H,21,22)/b20-11-. The monoisotopic (exact) mass is 350 g/mol. The van der Waals surface area contributed by atoms with Crippen LogP contribution in [0, 0.1) is 0 Å². The third-order valence-corrected chi connectivity index (χ3v) is 3.48. The predicted octanol–water partition coefficient (Wildman–Crippen LogP) is 4.55. The first-order valence-corrected chi connectivity index (χ1v) is 7.87. The van der Waals surface area contributed by atoms with E-state index in [9.17, 15) is 4.79 Å². The minimum atomic E-state index is -0.312. The van der Waals surface area contributed by atoms with Crippen LogP contribution >= 0.6 is 23.2 Å². The zero-order chi connectivity index (χ0) is 16.7. The van der Waals surface area contributed by atoms with Gasteiger partial charge in [0.1, 0.15) is 5.75 Å². The van der Waals surface area contributed by atoms with Gasteiger partial charge in [-0.1, -0.05) is 36.2 Å². The number of carbonyl (C=O) groups is 1. The second-order valence-corrected chi connectivity index (χ2v) is 5.58. The summed E-state index contributed by atoms with van der Waals surface area (Å²) < 4.78 is 5.46. The summed E-state index contributed by atoms with van der Waals surface area (Å²) in [6, 6.07) is 11.9. The van der Waals surface area contributed by atoms with E-state index >= 15 is 0 Å². The summed E-state index contributed by atoms with van der Waals surface area (Å²) in [4.78, 5) is 12.0. The molecule has 4 nitrogen and oxygen atoms in total. The molecule has 0 fully saturated rings. The summed E-state index contributed by atoms with van der Waals surface area (Å²) in [7, 11) is 0. The highest BCUT2D eigenvalue weighted by atomic mass is 35.5. The Balaban J connectivity index is 1.95. The average molecular weight is 351 g/mol. The Morgan fingerprint density at radius 2 is 1.96 bits per heavy atom. The molecule has 0 saturated heterocycles. The molecule has 2 aromatic rings. The lowest BCUT2D eigenvalue weighted by atomic mass is 10.2. The van der Waals surface area contributed by atoms with Crippen LogP contribution in [0.3, 0.4) is 0 Å². The van der Waals surface area contributed by atoms with Gasteiger partial charge in [0.05, 0.1) is 17.8 Å². The molecule has 6 heteroatoms. The van der Waals surface area contributed by atoms with Gasteiger partial charge in [-0.15, -0.1) is 0 Å². The van der Waals surface area contributed by atoms with Crippen molar-refractivity contribution in [3.05, 3.63) is 63.6 Å². The van der Waals surface area contributed by atoms with Crippen molar-refractivity contribution in [1.82, 2.24) is 5.43 Å². The highest BCUT2D eigenvalue weighted by molar-refractivity contribution is 6.36. The molecule has 0 aliphatic heterocycles. The lowest BCUT2D eigenvalue weighted by Crippen LogP contribution is -2.17. The van der Waals surface area contributed by atoms with Crippen LogP contribution in [0.2, 0.25) is 10.0 Å². The van der Waals surface area contributed by atoms with Crippen molar-refractivity contribution in [2.45, 2.75) is 13.3 Å². The van der Waals surface area contributed by atoms with E-state index in [0.717, 1.165) is 12.2 Å². The van der Waals surface area contributed by atoms with Gasteiger partial charge >= 0.3 is 0 Å². The topological polar surface area (TPSA) is 50.7 Å². The molecular formula is C17H16Cl2N2O2. The van der Waals surface area contributed by atoms with Gasteiger partial charge in [0.15, 0.2) is 0 Å². The van der Waals surface area contributed by atoms with Crippen molar-refractivity contribution < 1.29 is 9.53 Å². The number of amides is 1. The van der Waals surface area contributed by atoms with Gasteiger partial charge in [0, 0.05) is 16.1 Å². The molecule has 0 saturated carbocycles. The van der Waals surface area contributed by atoms with E-state index in [1.807, 2.05) is 6.92 Å². The number of rotatable bonds is 6. The normalized spacial score (nSPS) is 10.7. The van der Waals surface area contributed by atoms with Crippen LogP contribution < -0.4 is 10.2 Å². The molecule has 0 aromatic heterocycles. The van der Waals surface area contributed by atoms with Crippen molar-refractivity contribution in [1.29, 1.82) is 0 Å². The maximum absolute atomic E-state index is 12.0. The maximum atomic E-state index is 12.0. The lowest BCUT2D eigenvalue weighted by Gasteiger charge is -2.05. The number of carbonyl (C=O) groups excluding carboxylic acids is 1. The summed E-state index contributed by atoms with van der Waals surface area (Å²) in [6.07, 6.45) is 2.40. The molecule has 23 heavy (non-hydrogen) atoms. The van der Waals surface area contributed by atoms with Crippen LogP contribution in [0.4, 0.5) is 0 Å². The van der Waals surface area contributed by atoms with Crippen molar-refractivity contribution in [3.63, 3.8) is 0 Å². The molecule has 0 aliphatic carbocycles. The number of nitrogens with zero attached hydrogens (tertiary/aromatic N) is 1. The summed E-state index contributed by atoms with van der Waals surface area (Å²) in [6.45, 7) is 2.68. The molecule has 2 rings (SSSR count). The molecule has 0 unspecified atom stereocenters. The third kappa shape index (κ3) is 5.27. The average Bonchev–Trinajstić information content (AvgIpc) is 2.55. The Labute approximate surface area is 145 Å². The van der Waals surface area contributed by atoms with Crippen molar-refractivity contribution >= 4 is 35.3 Å². The fourth-order valence-electron chi connectivity index (χ4n) is 1.75. The summed E-state index contributed by atoms with van der Waals surface area (Å²) in [5.41, 5.74) is 3.61. The molecule has 0 heterocycles. The van der Waals surface area contributed by atoms with Gasteiger partial charge in [-0.3, -0.25) is 4.79 Å². The Hall–Kier alpha value is -2.04.